The maximum Gasteiger partial charge on any atom is 0.277 e. The SMILES string of the molecule is COc1cc(OC)cc(-c2nnc(SCc3cc(-c4ccccc4OC)no3)o2)c1. The molecule has 0 saturated heterocycles. The van der Waals surface area contributed by atoms with Crippen molar-refractivity contribution in [1.29, 1.82) is 0 Å². The van der Waals surface area contributed by atoms with Crippen molar-refractivity contribution < 1.29 is 23.2 Å². The fourth-order valence-corrected chi connectivity index (χ4v) is 3.45. The van der Waals surface area contributed by atoms with Crippen LogP contribution in [0, 0.1) is 0 Å². The summed E-state index contributed by atoms with van der Waals surface area (Å²) in [5, 5.41) is 12.8. The van der Waals surface area contributed by atoms with E-state index in [9.17, 15) is 0 Å². The zero-order valence-electron chi connectivity index (χ0n) is 16.6. The Hall–Kier alpha value is -3.46. The minimum absolute atomic E-state index is 0.377. The highest BCUT2D eigenvalue weighted by atomic mass is 32.2. The average Bonchev–Trinajstić information content (AvgIpc) is 3.47. The molecule has 0 bridgehead atoms. The van der Waals surface area contributed by atoms with Crippen molar-refractivity contribution in [2.24, 2.45) is 0 Å². The number of rotatable bonds is 8. The van der Waals surface area contributed by atoms with Crippen molar-refractivity contribution in [2.45, 2.75) is 11.0 Å². The van der Waals surface area contributed by atoms with Crippen LogP contribution in [-0.4, -0.2) is 36.7 Å². The number of hydrogen-bond acceptors (Lipinski definition) is 9. The summed E-state index contributed by atoms with van der Waals surface area (Å²) in [5.74, 6) is 3.57. The Labute approximate surface area is 177 Å². The van der Waals surface area contributed by atoms with Crippen LogP contribution in [0.5, 0.6) is 17.2 Å². The third-order valence-electron chi connectivity index (χ3n) is 4.28. The van der Waals surface area contributed by atoms with Crippen LogP contribution in [0.3, 0.4) is 0 Å². The zero-order chi connectivity index (χ0) is 20.9. The zero-order valence-corrected chi connectivity index (χ0v) is 17.4. The highest BCUT2D eigenvalue weighted by molar-refractivity contribution is 7.98. The summed E-state index contributed by atoms with van der Waals surface area (Å²) >= 11 is 1.36. The lowest BCUT2D eigenvalue weighted by Gasteiger charge is -2.05. The van der Waals surface area contributed by atoms with E-state index in [0.717, 1.165) is 11.3 Å². The van der Waals surface area contributed by atoms with Crippen molar-refractivity contribution >= 4 is 11.8 Å². The first kappa shape index (κ1) is 19.8. The van der Waals surface area contributed by atoms with Gasteiger partial charge in [-0.1, -0.05) is 29.1 Å². The van der Waals surface area contributed by atoms with Gasteiger partial charge in [-0.15, -0.1) is 10.2 Å². The standard InChI is InChI=1S/C21H19N3O5S/c1-25-14-8-13(9-15(10-14)26-2)20-22-23-21(28-20)30-12-16-11-18(24-29-16)17-6-4-5-7-19(17)27-3/h4-11H,12H2,1-3H3. The van der Waals surface area contributed by atoms with Gasteiger partial charge in [0.25, 0.3) is 5.22 Å². The Kier molecular flexibility index (Phi) is 5.89. The van der Waals surface area contributed by atoms with E-state index >= 15 is 0 Å². The minimum Gasteiger partial charge on any atom is -0.497 e. The van der Waals surface area contributed by atoms with E-state index in [1.807, 2.05) is 30.3 Å². The van der Waals surface area contributed by atoms with E-state index in [2.05, 4.69) is 15.4 Å². The van der Waals surface area contributed by atoms with Crippen LogP contribution < -0.4 is 14.2 Å². The summed E-state index contributed by atoms with van der Waals surface area (Å²) in [6.07, 6.45) is 0. The molecule has 9 heteroatoms. The van der Waals surface area contributed by atoms with Crippen LogP contribution in [0.25, 0.3) is 22.7 Å². The lowest BCUT2D eigenvalue weighted by atomic mass is 10.1. The third kappa shape index (κ3) is 4.25. The van der Waals surface area contributed by atoms with Crippen LogP contribution >= 0.6 is 11.8 Å². The molecule has 8 nitrogen and oxygen atoms in total. The molecule has 0 aliphatic carbocycles. The fraction of sp³-hybridized carbons (Fsp3) is 0.190. The number of nitrogens with zero attached hydrogens (tertiary/aromatic N) is 3. The lowest BCUT2D eigenvalue weighted by molar-refractivity contribution is 0.393. The van der Waals surface area contributed by atoms with Crippen LogP contribution in [0.4, 0.5) is 0 Å². The van der Waals surface area contributed by atoms with Gasteiger partial charge in [-0.2, -0.15) is 0 Å². The summed E-state index contributed by atoms with van der Waals surface area (Å²) in [5.41, 5.74) is 2.29. The van der Waals surface area contributed by atoms with Gasteiger partial charge < -0.3 is 23.2 Å². The van der Waals surface area contributed by atoms with Crippen molar-refractivity contribution in [2.75, 3.05) is 21.3 Å². The second-order valence-electron chi connectivity index (χ2n) is 6.14. The van der Waals surface area contributed by atoms with Gasteiger partial charge in [0.2, 0.25) is 5.89 Å². The molecule has 0 atom stereocenters. The smallest absolute Gasteiger partial charge is 0.277 e. The molecule has 0 aliphatic rings. The van der Waals surface area contributed by atoms with Crippen LogP contribution in [0.2, 0.25) is 0 Å². The molecule has 30 heavy (non-hydrogen) atoms. The molecule has 0 fully saturated rings. The highest BCUT2D eigenvalue weighted by Gasteiger charge is 2.15. The van der Waals surface area contributed by atoms with Gasteiger partial charge in [-0.05, 0) is 24.3 Å². The Balaban J connectivity index is 1.46. The lowest BCUT2D eigenvalue weighted by Crippen LogP contribution is -1.88. The summed E-state index contributed by atoms with van der Waals surface area (Å²) in [7, 11) is 4.80. The quantitative estimate of drug-likeness (QED) is 0.372. The van der Waals surface area contributed by atoms with Gasteiger partial charge in [-0.3, -0.25) is 0 Å². The van der Waals surface area contributed by atoms with E-state index in [0.29, 0.717) is 45.4 Å². The third-order valence-corrected chi connectivity index (χ3v) is 5.13. The first-order valence-corrected chi connectivity index (χ1v) is 9.97. The largest absolute Gasteiger partial charge is 0.497 e. The van der Waals surface area contributed by atoms with Gasteiger partial charge in [-0.25, -0.2) is 0 Å². The predicted molar refractivity (Wildman–Crippen MR) is 111 cm³/mol. The van der Waals surface area contributed by atoms with Crippen molar-refractivity contribution in [3.05, 3.63) is 54.3 Å². The van der Waals surface area contributed by atoms with Gasteiger partial charge >= 0.3 is 0 Å². The summed E-state index contributed by atoms with van der Waals surface area (Å²) in [6, 6.07) is 14.9. The predicted octanol–water partition coefficient (Wildman–Crippen LogP) is 4.71. The number of methoxy groups -OCH3 is 3. The van der Waals surface area contributed by atoms with Gasteiger partial charge in [0, 0.05) is 23.3 Å². The average molecular weight is 425 g/mol. The Morgan fingerprint density at radius 2 is 1.67 bits per heavy atom. The molecule has 154 valence electrons. The maximum atomic E-state index is 5.77. The van der Waals surface area contributed by atoms with Crippen molar-refractivity contribution in [3.63, 3.8) is 0 Å². The monoisotopic (exact) mass is 425 g/mol. The van der Waals surface area contributed by atoms with Crippen LogP contribution in [0.15, 0.2) is 62.7 Å². The molecular formula is C21H19N3O5S. The number of ether oxygens (including phenoxy) is 3. The Bertz CT molecular complexity index is 1120. The Morgan fingerprint density at radius 3 is 2.40 bits per heavy atom. The number of thioether (sulfide) groups is 1. The molecule has 4 rings (SSSR count). The first-order valence-electron chi connectivity index (χ1n) is 8.99. The summed E-state index contributed by atoms with van der Waals surface area (Å²) in [4.78, 5) is 0. The molecule has 0 radical (unpaired) electrons. The van der Waals surface area contributed by atoms with Gasteiger partial charge in [0.1, 0.15) is 28.7 Å². The molecule has 0 N–H and O–H groups in total. The molecular weight excluding hydrogens is 406 g/mol. The molecule has 0 saturated carbocycles. The summed E-state index contributed by atoms with van der Waals surface area (Å²) < 4.78 is 27.2. The molecule has 0 aliphatic heterocycles. The minimum atomic E-state index is 0.377. The first-order chi connectivity index (χ1) is 14.7. The van der Waals surface area contributed by atoms with E-state index in [1.54, 1.807) is 39.5 Å². The van der Waals surface area contributed by atoms with Crippen LogP contribution in [-0.2, 0) is 5.75 Å². The molecule has 2 aromatic heterocycles. The summed E-state index contributed by atoms with van der Waals surface area (Å²) in [6.45, 7) is 0. The molecule has 2 aromatic carbocycles. The number of aromatic nitrogens is 3. The molecule has 0 spiro atoms. The second-order valence-corrected chi connectivity index (χ2v) is 7.07. The van der Waals surface area contributed by atoms with Crippen molar-refractivity contribution in [3.8, 4) is 40.0 Å². The van der Waals surface area contributed by atoms with E-state index in [-0.39, 0.29) is 0 Å². The molecule has 4 aromatic rings. The number of para-hydroxylation sites is 1. The van der Waals surface area contributed by atoms with E-state index in [4.69, 9.17) is 23.2 Å². The fourth-order valence-electron chi connectivity index (χ4n) is 2.81. The van der Waals surface area contributed by atoms with Crippen molar-refractivity contribution in [1.82, 2.24) is 15.4 Å². The number of hydrogen-bond donors (Lipinski definition) is 0. The molecule has 2 heterocycles. The maximum absolute atomic E-state index is 5.77. The van der Waals surface area contributed by atoms with Gasteiger partial charge in [0.15, 0.2) is 0 Å². The highest BCUT2D eigenvalue weighted by Crippen LogP contribution is 2.33. The van der Waals surface area contributed by atoms with Gasteiger partial charge in [0.05, 0.1) is 27.1 Å². The molecule has 0 amide bonds. The normalized spacial score (nSPS) is 10.8. The van der Waals surface area contributed by atoms with Crippen LogP contribution in [0.1, 0.15) is 5.76 Å². The Morgan fingerprint density at radius 1 is 0.900 bits per heavy atom. The second kappa shape index (κ2) is 8.91. The topological polar surface area (TPSA) is 92.6 Å². The van der Waals surface area contributed by atoms with E-state index < -0.39 is 0 Å². The number of benzene rings is 2. The van der Waals surface area contributed by atoms with E-state index in [1.165, 1.54) is 11.8 Å². The molecule has 0 unspecified atom stereocenters.